The van der Waals surface area contributed by atoms with Crippen molar-refractivity contribution in [3.8, 4) is 17.0 Å². The number of nitrogens with two attached hydrogens (primary N) is 1. The van der Waals surface area contributed by atoms with Gasteiger partial charge in [0.15, 0.2) is 5.75 Å². The summed E-state index contributed by atoms with van der Waals surface area (Å²) in [6, 6.07) is 5.89. The van der Waals surface area contributed by atoms with Crippen LogP contribution in [0.2, 0.25) is 0 Å². The van der Waals surface area contributed by atoms with Gasteiger partial charge in [0.05, 0.1) is 11.7 Å². The van der Waals surface area contributed by atoms with Crippen molar-refractivity contribution in [3.63, 3.8) is 0 Å². The number of aromatic nitrogens is 4. The second kappa shape index (κ2) is 5.03. The van der Waals surface area contributed by atoms with Crippen LogP contribution in [0.1, 0.15) is 6.42 Å². The van der Waals surface area contributed by atoms with E-state index in [1.165, 1.54) is 0 Å². The molecule has 22 heavy (non-hydrogen) atoms. The number of hydrogen-bond acceptors (Lipinski definition) is 5. The fourth-order valence-corrected chi connectivity index (χ4v) is 2.90. The number of nitrogen functional groups attached to an aromatic ring is 1. The van der Waals surface area contributed by atoms with Gasteiger partial charge in [-0.05, 0) is 25.1 Å². The molecule has 3 N–H and O–H groups in total. The highest BCUT2D eigenvalue weighted by molar-refractivity contribution is 5.71. The van der Waals surface area contributed by atoms with Crippen LogP contribution in [0, 0.1) is 0 Å². The molecular formula is C15H18N6O. The minimum Gasteiger partial charge on any atom is -0.485 e. The second-order valence-corrected chi connectivity index (χ2v) is 5.57. The van der Waals surface area contributed by atoms with Crippen molar-refractivity contribution in [1.82, 2.24) is 24.7 Å². The average Bonchev–Trinajstić information content (AvgIpc) is 3.19. The van der Waals surface area contributed by atoms with E-state index in [0.717, 1.165) is 42.0 Å². The van der Waals surface area contributed by atoms with Crippen molar-refractivity contribution >= 4 is 11.3 Å². The number of pyridine rings is 1. The average molecular weight is 298 g/mol. The van der Waals surface area contributed by atoms with E-state index in [4.69, 9.17) is 10.5 Å². The molecule has 1 saturated heterocycles. The normalized spacial score (nSPS) is 18.1. The molecule has 0 amide bonds. The lowest BCUT2D eigenvalue weighted by Gasteiger charge is -2.13. The number of hydrogen-bond donors (Lipinski definition) is 2. The molecule has 4 heterocycles. The fourth-order valence-electron chi connectivity index (χ4n) is 2.90. The molecule has 3 aromatic rings. The fraction of sp³-hybridized carbons (Fsp3) is 0.333. The van der Waals surface area contributed by atoms with Gasteiger partial charge in [-0.2, -0.15) is 10.2 Å². The molecule has 3 aromatic heterocycles. The van der Waals surface area contributed by atoms with Gasteiger partial charge in [0.1, 0.15) is 17.6 Å². The highest BCUT2D eigenvalue weighted by atomic mass is 16.5. The molecule has 1 aliphatic heterocycles. The van der Waals surface area contributed by atoms with Crippen LogP contribution in [0.5, 0.6) is 5.75 Å². The van der Waals surface area contributed by atoms with Crippen molar-refractivity contribution in [1.29, 1.82) is 0 Å². The van der Waals surface area contributed by atoms with E-state index in [0.29, 0.717) is 5.82 Å². The molecule has 7 heteroatoms. The number of rotatable bonds is 3. The van der Waals surface area contributed by atoms with Gasteiger partial charge in [-0.15, -0.1) is 0 Å². The molecule has 0 bridgehead atoms. The summed E-state index contributed by atoms with van der Waals surface area (Å²) in [6.07, 6.45) is 4.90. The van der Waals surface area contributed by atoms with E-state index in [1.54, 1.807) is 10.7 Å². The van der Waals surface area contributed by atoms with E-state index >= 15 is 0 Å². The molecule has 0 aromatic carbocycles. The Hall–Kier alpha value is -2.54. The van der Waals surface area contributed by atoms with Crippen LogP contribution in [0.15, 0.2) is 30.6 Å². The minimum atomic E-state index is 0.206. The predicted octanol–water partition coefficient (Wildman–Crippen LogP) is 1.06. The Morgan fingerprint density at radius 3 is 3.14 bits per heavy atom. The van der Waals surface area contributed by atoms with Gasteiger partial charge in [0.2, 0.25) is 0 Å². The Bertz CT molecular complexity index is 815. The van der Waals surface area contributed by atoms with Gasteiger partial charge in [-0.25, -0.2) is 4.52 Å². The summed E-state index contributed by atoms with van der Waals surface area (Å²) in [5.74, 6) is 1.32. The van der Waals surface area contributed by atoms with Crippen LogP contribution in [0.4, 0.5) is 5.82 Å². The number of ether oxygens (including phenoxy) is 1. The Labute approximate surface area is 127 Å². The quantitative estimate of drug-likeness (QED) is 0.755. The van der Waals surface area contributed by atoms with Crippen molar-refractivity contribution in [3.05, 3.63) is 30.6 Å². The standard InChI is InChI=1S/C15H18N6O/c1-20-15(13(9-18-20)22-12-2-4-17-8-12)10-3-5-21-11(6-10)7-14(16)19-21/h3,5-7,9,12,17H,2,4,8H2,1H3,(H2,16,19)/t12-/m0/s1. The van der Waals surface area contributed by atoms with Crippen LogP contribution < -0.4 is 15.8 Å². The number of nitrogens with zero attached hydrogens (tertiary/aromatic N) is 4. The van der Waals surface area contributed by atoms with Crippen molar-refractivity contribution in [2.45, 2.75) is 12.5 Å². The van der Waals surface area contributed by atoms with Crippen LogP contribution in [-0.2, 0) is 7.05 Å². The van der Waals surface area contributed by atoms with Crippen molar-refractivity contribution in [2.75, 3.05) is 18.8 Å². The van der Waals surface area contributed by atoms with E-state index in [1.807, 2.05) is 36.1 Å². The maximum absolute atomic E-state index is 6.11. The topological polar surface area (TPSA) is 82.4 Å². The van der Waals surface area contributed by atoms with Crippen LogP contribution in [0.3, 0.4) is 0 Å². The third kappa shape index (κ3) is 2.19. The van der Waals surface area contributed by atoms with Gasteiger partial charge < -0.3 is 15.8 Å². The molecule has 0 aliphatic carbocycles. The third-order valence-corrected chi connectivity index (χ3v) is 3.97. The highest BCUT2D eigenvalue weighted by Gasteiger charge is 2.20. The summed E-state index contributed by atoms with van der Waals surface area (Å²) >= 11 is 0. The summed E-state index contributed by atoms with van der Waals surface area (Å²) < 4.78 is 9.70. The lowest BCUT2D eigenvalue weighted by Crippen LogP contribution is -2.19. The first-order valence-electron chi connectivity index (χ1n) is 7.35. The van der Waals surface area contributed by atoms with E-state index < -0.39 is 0 Å². The maximum atomic E-state index is 6.11. The zero-order valence-electron chi connectivity index (χ0n) is 12.4. The molecule has 0 spiro atoms. The van der Waals surface area contributed by atoms with Crippen molar-refractivity contribution < 1.29 is 4.74 Å². The molecule has 4 rings (SSSR count). The van der Waals surface area contributed by atoms with Crippen molar-refractivity contribution in [2.24, 2.45) is 7.05 Å². The van der Waals surface area contributed by atoms with Crippen LogP contribution >= 0.6 is 0 Å². The molecule has 0 saturated carbocycles. The molecule has 1 fully saturated rings. The van der Waals surface area contributed by atoms with Gasteiger partial charge >= 0.3 is 0 Å². The van der Waals surface area contributed by atoms with E-state index in [9.17, 15) is 0 Å². The third-order valence-electron chi connectivity index (χ3n) is 3.97. The van der Waals surface area contributed by atoms with Crippen LogP contribution in [0.25, 0.3) is 16.8 Å². The SMILES string of the molecule is Cn1ncc(O[C@H]2CCNC2)c1-c1ccn2nc(N)cc2c1. The molecule has 0 unspecified atom stereocenters. The number of fused-ring (bicyclic) bond motifs is 1. The largest absolute Gasteiger partial charge is 0.485 e. The summed E-state index contributed by atoms with van der Waals surface area (Å²) in [7, 11) is 1.92. The zero-order chi connectivity index (χ0) is 15.1. The summed E-state index contributed by atoms with van der Waals surface area (Å²) in [5, 5.41) is 11.8. The number of anilines is 1. The van der Waals surface area contributed by atoms with Gasteiger partial charge in [-0.3, -0.25) is 4.68 Å². The Balaban J connectivity index is 1.74. The summed E-state index contributed by atoms with van der Waals surface area (Å²) in [5.41, 5.74) is 8.70. The van der Waals surface area contributed by atoms with E-state index in [2.05, 4.69) is 15.5 Å². The monoisotopic (exact) mass is 298 g/mol. The first-order valence-corrected chi connectivity index (χ1v) is 7.35. The molecule has 7 nitrogen and oxygen atoms in total. The molecular weight excluding hydrogens is 280 g/mol. The molecule has 1 atom stereocenters. The lowest BCUT2D eigenvalue weighted by atomic mass is 10.1. The predicted molar refractivity (Wildman–Crippen MR) is 83.7 cm³/mol. The summed E-state index contributed by atoms with van der Waals surface area (Å²) in [6.45, 7) is 1.88. The van der Waals surface area contributed by atoms with Crippen LogP contribution in [-0.4, -0.2) is 38.6 Å². The van der Waals surface area contributed by atoms with Gasteiger partial charge in [-0.1, -0.05) is 0 Å². The Morgan fingerprint density at radius 2 is 2.32 bits per heavy atom. The van der Waals surface area contributed by atoms with Gasteiger partial charge in [0, 0.05) is 31.4 Å². The first kappa shape index (κ1) is 13.1. The number of nitrogens with one attached hydrogen (secondary N) is 1. The maximum Gasteiger partial charge on any atom is 0.165 e. The number of aryl methyl sites for hydroxylation is 1. The minimum absolute atomic E-state index is 0.206. The highest BCUT2D eigenvalue weighted by Crippen LogP contribution is 2.31. The first-order chi connectivity index (χ1) is 10.7. The molecule has 0 radical (unpaired) electrons. The summed E-state index contributed by atoms with van der Waals surface area (Å²) in [4.78, 5) is 0. The lowest BCUT2D eigenvalue weighted by molar-refractivity contribution is 0.224. The Morgan fingerprint density at radius 1 is 1.41 bits per heavy atom. The zero-order valence-corrected chi connectivity index (χ0v) is 12.4. The molecule has 1 aliphatic rings. The molecule has 114 valence electrons. The van der Waals surface area contributed by atoms with E-state index in [-0.39, 0.29) is 6.10 Å². The Kier molecular flexibility index (Phi) is 3.00. The van der Waals surface area contributed by atoms with Gasteiger partial charge in [0.25, 0.3) is 0 Å². The second-order valence-electron chi connectivity index (χ2n) is 5.57. The smallest absolute Gasteiger partial charge is 0.165 e.